The van der Waals surface area contributed by atoms with Gasteiger partial charge in [-0.05, 0) is 25.5 Å². The van der Waals surface area contributed by atoms with Crippen LogP contribution in [0.25, 0.3) is 0 Å². The molecule has 2 N–H and O–H groups in total. The quantitative estimate of drug-likeness (QED) is 0.715. The third-order valence-electron chi connectivity index (χ3n) is 5.21. The molecule has 1 amide bonds. The molecule has 9 heteroatoms. The summed E-state index contributed by atoms with van der Waals surface area (Å²) in [5.41, 5.74) is 3.63. The molecule has 31 heavy (non-hydrogen) atoms. The van der Waals surface area contributed by atoms with Crippen molar-refractivity contribution < 1.29 is 24.2 Å². The lowest BCUT2D eigenvalue weighted by Gasteiger charge is -2.30. The van der Waals surface area contributed by atoms with Gasteiger partial charge in [-0.15, -0.1) is 0 Å². The maximum absolute atomic E-state index is 12.7. The number of hydrogen-bond donors (Lipinski definition) is 2. The van der Waals surface area contributed by atoms with Gasteiger partial charge in [0.05, 0.1) is 25.5 Å². The topological polar surface area (TPSA) is 115 Å². The number of carbonyl (C=O) groups is 1. The van der Waals surface area contributed by atoms with Crippen LogP contribution in [0.2, 0.25) is 0 Å². The number of rotatable bonds is 6. The zero-order valence-electron chi connectivity index (χ0n) is 17.6. The minimum Gasteiger partial charge on any atom is -0.394 e. The Labute approximate surface area is 180 Å². The number of aliphatic hydroxyl groups excluding tert-OH is 1. The summed E-state index contributed by atoms with van der Waals surface area (Å²) in [5.74, 6) is 0.204. The zero-order chi connectivity index (χ0) is 21.8. The fourth-order valence-electron chi connectivity index (χ4n) is 3.55. The van der Waals surface area contributed by atoms with E-state index in [-0.39, 0.29) is 36.5 Å². The van der Waals surface area contributed by atoms with E-state index in [0.717, 1.165) is 11.1 Å². The van der Waals surface area contributed by atoms with Gasteiger partial charge in [-0.1, -0.05) is 35.0 Å². The van der Waals surface area contributed by atoms with Gasteiger partial charge in [0.2, 0.25) is 0 Å². The number of aliphatic hydroxyl groups is 1. The predicted octanol–water partition coefficient (Wildman–Crippen LogP) is 1.29. The monoisotopic (exact) mass is 426 g/mol. The Kier molecular flexibility index (Phi) is 6.55. The van der Waals surface area contributed by atoms with Gasteiger partial charge < -0.3 is 24.7 Å². The summed E-state index contributed by atoms with van der Waals surface area (Å²) in [4.78, 5) is 26.9. The van der Waals surface area contributed by atoms with E-state index < -0.39 is 0 Å². The maximum atomic E-state index is 12.7. The van der Waals surface area contributed by atoms with Gasteiger partial charge in [0.15, 0.2) is 6.10 Å². The highest BCUT2D eigenvalue weighted by Crippen LogP contribution is 2.23. The molecular weight excluding hydrogens is 400 g/mol. The third-order valence-corrected chi connectivity index (χ3v) is 5.21. The molecule has 1 saturated heterocycles. The second-order valence-corrected chi connectivity index (χ2v) is 7.75. The molecule has 2 aliphatic rings. The third kappa shape index (κ3) is 5.25. The number of benzene rings is 1. The molecule has 1 fully saturated rings. The number of ether oxygens (including phenoxy) is 2. The van der Waals surface area contributed by atoms with Gasteiger partial charge >= 0.3 is 0 Å². The number of oxime groups is 1. The van der Waals surface area contributed by atoms with Crippen LogP contribution in [0, 0.1) is 13.8 Å². The molecule has 164 valence electrons. The van der Waals surface area contributed by atoms with Gasteiger partial charge in [-0.2, -0.15) is 0 Å². The Balaban J connectivity index is 1.39. The van der Waals surface area contributed by atoms with Crippen molar-refractivity contribution >= 4 is 11.6 Å². The molecule has 0 spiro atoms. The second kappa shape index (κ2) is 9.51. The lowest BCUT2D eigenvalue weighted by atomic mass is 10.0. The minimum absolute atomic E-state index is 0.0745. The maximum Gasteiger partial charge on any atom is 0.270 e. The van der Waals surface area contributed by atoms with Crippen molar-refractivity contribution in [3.63, 3.8) is 0 Å². The molecule has 4 rings (SSSR count). The molecule has 2 aromatic rings. The van der Waals surface area contributed by atoms with Crippen molar-refractivity contribution in [3.8, 4) is 0 Å². The van der Waals surface area contributed by atoms with Gasteiger partial charge in [-0.25, -0.2) is 9.97 Å². The van der Waals surface area contributed by atoms with Gasteiger partial charge in [-0.3, -0.25) is 4.79 Å². The molecule has 2 aliphatic heterocycles. The molecule has 1 aromatic heterocycles. The first-order valence-electron chi connectivity index (χ1n) is 10.3. The lowest BCUT2D eigenvalue weighted by molar-refractivity contribution is -0.178. The number of aromatic nitrogens is 2. The Hall–Kier alpha value is -2.88. The number of nitrogens with one attached hydrogen (secondary N) is 1. The Morgan fingerprint density at radius 3 is 2.77 bits per heavy atom. The highest BCUT2D eigenvalue weighted by atomic mass is 16.7. The Morgan fingerprint density at radius 2 is 2.03 bits per heavy atom. The first kappa shape index (κ1) is 21.4. The molecule has 0 saturated carbocycles. The van der Waals surface area contributed by atoms with Crippen LogP contribution >= 0.6 is 0 Å². The number of amides is 1. The average molecular weight is 426 g/mol. The van der Waals surface area contributed by atoms with E-state index >= 15 is 0 Å². The van der Waals surface area contributed by atoms with Crippen LogP contribution in [-0.2, 0) is 20.9 Å². The molecule has 1 aromatic carbocycles. The molecular formula is C22H26N4O5. The Bertz CT molecular complexity index is 972. The van der Waals surface area contributed by atoms with Crippen molar-refractivity contribution in [1.82, 2.24) is 15.3 Å². The van der Waals surface area contributed by atoms with Crippen LogP contribution in [-0.4, -0.2) is 64.8 Å². The summed E-state index contributed by atoms with van der Waals surface area (Å²) in [6, 6.07) is 9.60. The van der Waals surface area contributed by atoms with E-state index in [9.17, 15) is 4.79 Å². The summed E-state index contributed by atoms with van der Waals surface area (Å²) in [6.45, 7) is 4.73. The first-order valence-corrected chi connectivity index (χ1v) is 10.3. The second-order valence-electron chi connectivity index (χ2n) is 7.75. The highest BCUT2D eigenvalue weighted by molar-refractivity contribution is 6.02. The molecule has 3 heterocycles. The first-order chi connectivity index (χ1) is 15.0. The molecule has 0 aliphatic carbocycles. The summed E-state index contributed by atoms with van der Waals surface area (Å²) in [5, 5.41) is 16.2. The number of nitrogens with zero attached hydrogens (tertiary/aromatic N) is 3. The van der Waals surface area contributed by atoms with E-state index in [2.05, 4.69) is 20.4 Å². The van der Waals surface area contributed by atoms with Crippen LogP contribution in [0.15, 0.2) is 35.5 Å². The van der Waals surface area contributed by atoms with Crippen LogP contribution in [0.3, 0.4) is 0 Å². The molecule has 3 atom stereocenters. The van der Waals surface area contributed by atoms with Crippen LogP contribution < -0.4 is 5.32 Å². The lowest BCUT2D eigenvalue weighted by Crippen LogP contribution is -2.43. The van der Waals surface area contributed by atoms with E-state index in [0.29, 0.717) is 43.4 Å². The molecule has 3 unspecified atom stereocenters. The highest BCUT2D eigenvalue weighted by Gasteiger charge is 2.35. The number of aryl methyl sites for hydroxylation is 2. The van der Waals surface area contributed by atoms with E-state index in [1.807, 2.05) is 31.2 Å². The standard InChI is InChI=1S/C22H26N4O5/c1-13-4-3-5-15(6-13)9-23-22(28)19-7-17(24-14(2)25-19)18-8-20(31-26-18)21-12-29-16(10-27)11-30-21/h3-7,16,20-21,27H,8-12H2,1-2H3,(H,23,28). The number of carbonyl (C=O) groups excluding carboxylic acids is 1. The van der Waals surface area contributed by atoms with Gasteiger partial charge in [0.25, 0.3) is 5.91 Å². The van der Waals surface area contributed by atoms with Crippen LogP contribution in [0.1, 0.15) is 39.6 Å². The summed E-state index contributed by atoms with van der Waals surface area (Å²) in [6.07, 6.45) is -0.394. The molecule has 0 radical (unpaired) electrons. The largest absolute Gasteiger partial charge is 0.394 e. The van der Waals surface area contributed by atoms with Crippen molar-refractivity contribution in [3.05, 3.63) is 58.7 Å². The average Bonchev–Trinajstić information content (AvgIpc) is 3.27. The van der Waals surface area contributed by atoms with Crippen LogP contribution in [0.4, 0.5) is 0 Å². The molecule has 9 nitrogen and oxygen atoms in total. The minimum atomic E-state index is -0.302. The van der Waals surface area contributed by atoms with Crippen LogP contribution in [0.5, 0.6) is 0 Å². The summed E-state index contributed by atoms with van der Waals surface area (Å²) < 4.78 is 11.3. The smallest absolute Gasteiger partial charge is 0.270 e. The fourth-order valence-corrected chi connectivity index (χ4v) is 3.55. The van der Waals surface area contributed by atoms with Crippen molar-refractivity contribution in [2.75, 3.05) is 19.8 Å². The van der Waals surface area contributed by atoms with Crippen molar-refractivity contribution in [2.24, 2.45) is 5.16 Å². The van der Waals surface area contributed by atoms with Gasteiger partial charge in [0.1, 0.15) is 29.4 Å². The number of hydrogen-bond acceptors (Lipinski definition) is 8. The molecule has 0 bridgehead atoms. The zero-order valence-corrected chi connectivity index (χ0v) is 17.6. The normalized spacial score (nSPS) is 23.2. The van der Waals surface area contributed by atoms with E-state index in [1.54, 1.807) is 13.0 Å². The SMILES string of the molecule is Cc1cccc(CNC(=O)c2cc(C3=NOC(C4COC(CO)CO4)C3)nc(C)n2)c1. The van der Waals surface area contributed by atoms with Crippen molar-refractivity contribution in [1.29, 1.82) is 0 Å². The van der Waals surface area contributed by atoms with Gasteiger partial charge in [0, 0.05) is 13.0 Å². The predicted molar refractivity (Wildman–Crippen MR) is 112 cm³/mol. The Morgan fingerprint density at radius 1 is 1.16 bits per heavy atom. The van der Waals surface area contributed by atoms with E-state index in [4.69, 9.17) is 19.4 Å². The summed E-state index contributed by atoms with van der Waals surface area (Å²) >= 11 is 0. The van der Waals surface area contributed by atoms with E-state index in [1.165, 1.54) is 0 Å². The summed E-state index contributed by atoms with van der Waals surface area (Å²) in [7, 11) is 0. The fraction of sp³-hybridized carbons (Fsp3) is 0.455. The van der Waals surface area contributed by atoms with Crippen molar-refractivity contribution in [2.45, 2.75) is 45.1 Å².